The molecule has 2 unspecified atom stereocenters. The fourth-order valence-electron chi connectivity index (χ4n) is 4.32. The fourth-order valence-corrected chi connectivity index (χ4v) is 4.32. The zero-order valence-corrected chi connectivity index (χ0v) is 17.2. The van der Waals surface area contributed by atoms with Gasteiger partial charge in [-0.3, -0.25) is 19.7 Å². The molecule has 1 saturated heterocycles. The van der Waals surface area contributed by atoms with E-state index in [9.17, 15) is 23.4 Å². The van der Waals surface area contributed by atoms with Gasteiger partial charge in [0.05, 0.1) is 6.10 Å². The number of aliphatic hydroxyl groups is 2. The lowest BCUT2D eigenvalue weighted by atomic mass is 10.00. The number of nitrogens with zero attached hydrogens (tertiary/aromatic N) is 4. The molecule has 3 heterocycles. The van der Waals surface area contributed by atoms with Gasteiger partial charge in [0.25, 0.3) is 0 Å². The summed E-state index contributed by atoms with van der Waals surface area (Å²) in [6.07, 6.45) is -3.80. The lowest BCUT2D eigenvalue weighted by molar-refractivity contribution is -0.141. The minimum Gasteiger partial charge on any atom is -0.390 e. The first kappa shape index (κ1) is 22.2. The first-order chi connectivity index (χ1) is 14.8. The van der Waals surface area contributed by atoms with Gasteiger partial charge in [0, 0.05) is 52.0 Å². The number of hydrogen-bond acceptors (Lipinski definition) is 6. The summed E-state index contributed by atoms with van der Waals surface area (Å²) in [5.74, 6) is 0. The highest BCUT2D eigenvalue weighted by Crippen LogP contribution is 2.27. The van der Waals surface area contributed by atoms with Gasteiger partial charge in [-0.2, -0.15) is 13.2 Å². The van der Waals surface area contributed by atoms with Crippen molar-refractivity contribution in [1.29, 1.82) is 0 Å². The van der Waals surface area contributed by atoms with Gasteiger partial charge in [0.2, 0.25) is 0 Å². The number of hydrogen-bond donors (Lipinski definition) is 2. The van der Waals surface area contributed by atoms with Crippen molar-refractivity contribution in [2.45, 2.75) is 38.1 Å². The lowest BCUT2D eigenvalue weighted by Crippen LogP contribution is -2.45. The number of benzene rings is 1. The standard InChI is InChI=1S/C22H27F3N4O2/c23-22(24,25)20-6-5-16(11-26-20)12-28-9-10-29(21(28)31)15-19(30)14-27-8-7-17-3-1-2-4-18(17)13-27/h1-6,11,19,21,30-31H,7-10,12-15H2. The number of alkyl halides is 3. The van der Waals surface area contributed by atoms with Crippen molar-refractivity contribution in [2.75, 3.05) is 32.7 Å². The van der Waals surface area contributed by atoms with Crippen LogP contribution in [0, 0.1) is 0 Å². The zero-order valence-electron chi connectivity index (χ0n) is 17.2. The Bertz CT molecular complexity index is 878. The van der Waals surface area contributed by atoms with Crippen LogP contribution in [0.2, 0.25) is 0 Å². The van der Waals surface area contributed by atoms with E-state index in [1.54, 1.807) is 9.80 Å². The third-order valence-corrected chi connectivity index (χ3v) is 5.95. The Morgan fingerprint density at radius 3 is 2.45 bits per heavy atom. The molecule has 2 aliphatic rings. The summed E-state index contributed by atoms with van der Waals surface area (Å²) in [6, 6.07) is 10.7. The largest absolute Gasteiger partial charge is 0.433 e. The summed E-state index contributed by atoms with van der Waals surface area (Å²) < 4.78 is 38.0. The molecule has 0 radical (unpaired) electrons. The third kappa shape index (κ3) is 5.42. The number of fused-ring (bicyclic) bond motifs is 1. The quantitative estimate of drug-likeness (QED) is 0.722. The van der Waals surface area contributed by atoms with E-state index in [1.165, 1.54) is 23.4 Å². The summed E-state index contributed by atoms with van der Waals surface area (Å²) in [5, 5.41) is 21.2. The van der Waals surface area contributed by atoms with Gasteiger partial charge in [-0.25, -0.2) is 0 Å². The van der Waals surface area contributed by atoms with Crippen molar-refractivity contribution < 1.29 is 23.4 Å². The second-order valence-corrected chi connectivity index (χ2v) is 8.27. The highest BCUT2D eigenvalue weighted by Gasteiger charge is 2.34. The number of aromatic nitrogens is 1. The van der Waals surface area contributed by atoms with E-state index in [4.69, 9.17) is 0 Å². The maximum Gasteiger partial charge on any atom is 0.433 e. The van der Waals surface area contributed by atoms with E-state index in [0.717, 1.165) is 25.6 Å². The number of β-amino-alcohol motifs (C(OH)–C–C–N with tert-alkyl or cyclic N) is 1. The Morgan fingerprint density at radius 2 is 1.74 bits per heavy atom. The predicted molar refractivity (Wildman–Crippen MR) is 109 cm³/mol. The molecule has 0 saturated carbocycles. The summed E-state index contributed by atoms with van der Waals surface area (Å²) in [4.78, 5) is 9.25. The highest BCUT2D eigenvalue weighted by atomic mass is 19.4. The van der Waals surface area contributed by atoms with E-state index < -0.39 is 24.3 Å². The molecule has 168 valence electrons. The third-order valence-electron chi connectivity index (χ3n) is 5.95. The smallest absolute Gasteiger partial charge is 0.390 e. The van der Waals surface area contributed by atoms with Gasteiger partial charge in [0.1, 0.15) is 5.69 Å². The van der Waals surface area contributed by atoms with Crippen LogP contribution in [0.15, 0.2) is 42.6 Å². The zero-order chi connectivity index (χ0) is 22.0. The van der Waals surface area contributed by atoms with Crippen LogP contribution in [-0.4, -0.2) is 75.1 Å². The molecule has 2 aliphatic heterocycles. The molecular formula is C22H27F3N4O2. The maximum atomic E-state index is 12.7. The molecule has 0 amide bonds. The van der Waals surface area contributed by atoms with E-state index in [1.807, 2.05) is 12.1 Å². The lowest BCUT2D eigenvalue weighted by Gasteiger charge is -2.32. The molecule has 0 spiro atoms. The van der Waals surface area contributed by atoms with Crippen molar-refractivity contribution in [3.05, 3.63) is 65.0 Å². The normalized spacial score (nSPS) is 21.9. The van der Waals surface area contributed by atoms with Crippen molar-refractivity contribution in [3.63, 3.8) is 0 Å². The summed E-state index contributed by atoms with van der Waals surface area (Å²) in [7, 11) is 0. The van der Waals surface area contributed by atoms with Crippen LogP contribution in [0.1, 0.15) is 22.4 Å². The van der Waals surface area contributed by atoms with Crippen molar-refractivity contribution in [1.82, 2.24) is 19.7 Å². The molecule has 1 aromatic heterocycles. The molecule has 0 aliphatic carbocycles. The van der Waals surface area contributed by atoms with Gasteiger partial charge < -0.3 is 10.2 Å². The molecule has 2 N–H and O–H groups in total. The minimum atomic E-state index is -4.46. The van der Waals surface area contributed by atoms with E-state index in [2.05, 4.69) is 22.0 Å². The Labute approximate surface area is 179 Å². The number of pyridine rings is 1. The minimum absolute atomic E-state index is 0.293. The average Bonchev–Trinajstić information content (AvgIpc) is 3.07. The first-order valence-corrected chi connectivity index (χ1v) is 10.4. The monoisotopic (exact) mass is 436 g/mol. The molecule has 9 heteroatoms. The van der Waals surface area contributed by atoms with Gasteiger partial charge in [-0.1, -0.05) is 30.3 Å². The van der Waals surface area contributed by atoms with Crippen LogP contribution in [0.4, 0.5) is 13.2 Å². The summed E-state index contributed by atoms with van der Waals surface area (Å²) in [5.41, 5.74) is 2.32. The number of aliphatic hydroxyl groups excluding tert-OH is 2. The summed E-state index contributed by atoms with van der Waals surface area (Å²) in [6.45, 7) is 4.00. The molecule has 6 nitrogen and oxygen atoms in total. The van der Waals surface area contributed by atoms with E-state index >= 15 is 0 Å². The van der Waals surface area contributed by atoms with Crippen LogP contribution >= 0.6 is 0 Å². The molecular weight excluding hydrogens is 409 g/mol. The highest BCUT2D eigenvalue weighted by molar-refractivity contribution is 5.29. The molecule has 2 aromatic rings. The van der Waals surface area contributed by atoms with Crippen molar-refractivity contribution >= 4 is 0 Å². The van der Waals surface area contributed by atoms with Crippen LogP contribution < -0.4 is 0 Å². The van der Waals surface area contributed by atoms with Crippen molar-refractivity contribution in [2.24, 2.45) is 0 Å². The van der Waals surface area contributed by atoms with Gasteiger partial charge in [-0.15, -0.1) is 0 Å². The van der Waals surface area contributed by atoms with Gasteiger partial charge in [0.15, 0.2) is 6.35 Å². The SMILES string of the molecule is OC(CN1CCc2ccccc2C1)CN1CCN(Cc2ccc(C(F)(F)F)nc2)C1O. The molecule has 1 fully saturated rings. The van der Waals surface area contributed by atoms with Gasteiger partial charge >= 0.3 is 6.18 Å². The van der Waals surface area contributed by atoms with Crippen LogP contribution in [0.25, 0.3) is 0 Å². The second kappa shape index (κ2) is 9.22. The maximum absolute atomic E-state index is 12.7. The van der Waals surface area contributed by atoms with Crippen LogP contribution in [0.3, 0.4) is 0 Å². The molecule has 0 bridgehead atoms. The Morgan fingerprint density at radius 1 is 1.00 bits per heavy atom. The Hall–Kier alpha value is -2.04. The molecule has 2 atom stereocenters. The Balaban J connectivity index is 1.27. The molecule has 4 rings (SSSR count). The fraction of sp³-hybridized carbons (Fsp3) is 0.500. The van der Waals surface area contributed by atoms with Gasteiger partial charge in [-0.05, 0) is 29.2 Å². The van der Waals surface area contributed by atoms with E-state index in [-0.39, 0.29) is 0 Å². The summed E-state index contributed by atoms with van der Waals surface area (Å²) >= 11 is 0. The number of rotatable bonds is 6. The molecule has 31 heavy (non-hydrogen) atoms. The number of halogens is 3. The predicted octanol–water partition coefficient (Wildman–Crippen LogP) is 1.91. The topological polar surface area (TPSA) is 63.1 Å². The first-order valence-electron chi connectivity index (χ1n) is 10.4. The van der Waals surface area contributed by atoms with Crippen LogP contribution in [-0.2, 0) is 25.7 Å². The van der Waals surface area contributed by atoms with E-state index in [0.29, 0.717) is 38.3 Å². The van der Waals surface area contributed by atoms with Crippen molar-refractivity contribution in [3.8, 4) is 0 Å². The molecule has 1 aromatic carbocycles. The second-order valence-electron chi connectivity index (χ2n) is 8.27. The average molecular weight is 436 g/mol. The Kier molecular flexibility index (Phi) is 6.59. The van der Waals surface area contributed by atoms with Crippen LogP contribution in [0.5, 0.6) is 0 Å².